The molecule has 138 valence electrons. The molecule has 3 nitrogen and oxygen atoms in total. The fourth-order valence-corrected chi connectivity index (χ4v) is 6.35. The van der Waals surface area contributed by atoms with Crippen molar-refractivity contribution in [1.82, 2.24) is 5.32 Å². The molecule has 5 unspecified atom stereocenters. The van der Waals surface area contributed by atoms with Gasteiger partial charge in [-0.2, -0.15) is 0 Å². The molecule has 0 aromatic rings. The minimum Gasteiger partial charge on any atom is -0.378 e. The maximum atomic E-state index is 5.83. The lowest BCUT2D eigenvalue weighted by atomic mass is 9.66. The van der Waals surface area contributed by atoms with E-state index in [1.807, 2.05) is 0 Å². The number of rotatable bonds is 5. The smallest absolute Gasteiger partial charge is 0.0904 e. The van der Waals surface area contributed by atoms with Crippen molar-refractivity contribution in [3.63, 3.8) is 0 Å². The van der Waals surface area contributed by atoms with E-state index in [0.717, 1.165) is 36.6 Å². The molecule has 2 aliphatic heterocycles. The van der Waals surface area contributed by atoms with Gasteiger partial charge in [0.1, 0.15) is 0 Å². The Balaban J connectivity index is 1.37. The fraction of sp³-hybridized carbons (Fsp3) is 1.00. The predicted molar refractivity (Wildman–Crippen MR) is 98.0 cm³/mol. The Morgan fingerprint density at radius 1 is 0.917 bits per heavy atom. The minimum absolute atomic E-state index is 0.554. The average molecular weight is 336 g/mol. The van der Waals surface area contributed by atoms with Gasteiger partial charge in [-0.25, -0.2) is 0 Å². The molecule has 0 radical (unpaired) electrons. The molecule has 0 amide bonds. The second-order valence-corrected chi connectivity index (χ2v) is 9.22. The molecule has 0 spiro atoms. The van der Waals surface area contributed by atoms with Gasteiger partial charge in [-0.3, -0.25) is 0 Å². The summed E-state index contributed by atoms with van der Waals surface area (Å²) in [6, 6.07) is 3.29. The van der Waals surface area contributed by atoms with Crippen LogP contribution in [-0.2, 0) is 4.74 Å². The Morgan fingerprint density at radius 2 is 1.58 bits per heavy atom. The van der Waals surface area contributed by atoms with Crippen LogP contribution >= 0.6 is 0 Å². The van der Waals surface area contributed by atoms with Crippen LogP contribution in [0.5, 0.6) is 0 Å². The maximum absolute atomic E-state index is 5.83. The summed E-state index contributed by atoms with van der Waals surface area (Å²) in [5, 5.41) is 6.99. The molecular formula is C21H39N2O+. The first-order valence-electron chi connectivity index (χ1n) is 11.0. The number of hydrogen-bond donors (Lipinski definition) is 2. The molecule has 0 aromatic carbocycles. The second-order valence-electron chi connectivity index (χ2n) is 9.22. The quantitative estimate of drug-likeness (QED) is 0.810. The number of fused-ring (bicyclic) bond motifs is 2. The van der Waals surface area contributed by atoms with Crippen LogP contribution in [0.4, 0.5) is 0 Å². The zero-order chi connectivity index (χ0) is 16.4. The number of ether oxygens (including phenoxy) is 1. The molecule has 3 heteroatoms. The number of quaternary nitrogens is 1. The molecule has 3 N–H and O–H groups in total. The van der Waals surface area contributed by atoms with E-state index in [1.54, 1.807) is 0 Å². The van der Waals surface area contributed by atoms with Crippen LogP contribution in [0.25, 0.3) is 0 Å². The van der Waals surface area contributed by atoms with Crippen LogP contribution in [0.15, 0.2) is 0 Å². The maximum Gasteiger partial charge on any atom is 0.0904 e. The summed E-state index contributed by atoms with van der Waals surface area (Å²) >= 11 is 0. The normalized spacial score (nSPS) is 43.9. The van der Waals surface area contributed by atoms with Crippen LogP contribution in [0.1, 0.15) is 84.0 Å². The molecule has 6 atom stereocenters. The van der Waals surface area contributed by atoms with Gasteiger partial charge >= 0.3 is 0 Å². The van der Waals surface area contributed by atoms with Gasteiger partial charge in [-0.15, -0.1) is 0 Å². The molecule has 0 aromatic heterocycles. The highest BCUT2D eigenvalue weighted by Crippen LogP contribution is 2.37. The summed E-state index contributed by atoms with van der Waals surface area (Å²) in [7, 11) is 0. The number of hydrogen-bond acceptors (Lipinski definition) is 2. The standard InChI is InChI=1S/C21H38N2O/c1-15(12-13-16-7-6-14-24-16)22-21-17-8-2-4-10-19(17)23-20-11-5-3-9-18(20)21/h15-23H,2-14H2,1H3/p+1/t15-,16?,17?,18?,19?,20?,21?/m0/s1. The Kier molecular flexibility index (Phi) is 5.81. The van der Waals surface area contributed by atoms with E-state index in [-0.39, 0.29) is 0 Å². The van der Waals surface area contributed by atoms with Gasteiger partial charge in [0.05, 0.1) is 18.2 Å². The second kappa shape index (κ2) is 8.05. The topological polar surface area (TPSA) is 37.9 Å². The van der Waals surface area contributed by atoms with E-state index in [4.69, 9.17) is 4.74 Å². The first kappa shape index (κ1) is 17.3. The lowest BCUT2D eigenvalue weighted by molar-refractivity contribution is -0.749. The van der Waals surface area contributed by atoms with Crippen molar-refractivity contribution in [2.75, 3.05) is 6.61 Å². The number of nitrogens with one attached hydrogen (secondary N) is 1. The highest BCUT2D eigenvalue weighted by Gasteiger charge is 2.48. The third-order valence-electron chi connectivity index (χ3n) is 7.59. The average Bonchev–Trinajstić information content (AvgIpc) is 3.13. The Morgan fingerprint density at radius 3 is 2.21 bits per heavy atom. The van der Waals surface area contributed by atoms with Crippen molar-refractivity contribution in [3.8, 4) is 0 Å². The SMILES string of the molecule is C[C@@H](CCC1CCCO1)NC1C2CCCCC2[NH2+]C2CCCCC21. The van der Waals surface area contributed by atoms with Gasteiger partial charge < -0.3 is 15.4 Å². The van der Waals surface area contributed by atoms with Crippen molar-refractivity contribution in [3.05, 3.63) is 0 Å². The minimum atomic E-state index is 0.554. The van der Waals surface area contributed by atoms with Crippen LogP contribution in [0.3, 0.4) is 0 Å². The highest BCUT2D eigenvalue weighted by atomic mass is 16.5. The van der Waals surface area contributed by atoms with E-state index in [1.165, 1.54) is 77.0 Å². The van der Waals surface area contributed by atoms with Gasteiger partial charge in [0, 0.05) is 30.5 Å². The summed E-state index contributed by atoms with van der Waals surface area (Å²) in [5.41, 5.74) is 0. The third-order valence-corrected chi connectivity index (χ3v) is 7.59. The summed E-state index contributed by atoms with van der Waals surface area (Å²) in [4.78, 5) is 0. The first-order chi connectivity index (χ1) is 11.8. The van der Waals surface area contributed by atoms with Crippen molar-refractivity contribution >= 4 is 0 Å². The summed E-state index contributed by atoms with van der Waals surface area (Å²) < 4.78 is 5.83. The first-order valence-corrected chi connectivity index (χ1v) is 11.0. The molecule has 4 aliphatic rings. The van der Waals surface area contributed by atoms with E-state index in [9.17, 15) is 0 Å². The molecule has 4 rings (SSSR count). The monoisotopic (exact) mass is 335 g/mol. The van der Waals surface area contributed by atoms with E-state index >= 15 is 0 Å². The van der Waals surface area contributed by atoms with Gasteiger partial charge in [-0.1, -0.05) is 12.8 Å². The molecule has 2 aliphatic carbocycles. The summed E-state index contributed by atoms with van der Waals surface area (Å²) in [5.74, 6) is 1.87. The van der Waals surface area contributed by atoms with Gasteiger partial charge in [0.25, 0.3) is 0 Å². The number of nitrogens with two attached hydrogens (primary N) is 1. The van der Waals surface area contributed by atoms with Crippen molar-refractivity contribution in [1.29, 1.82) is 0 Å². The zero-order valence-electron chi connectivity index (χ0n) is 15.7. The van der Waals surface area contributed by atoms with E-state index in [2.05, 4.69) is 17.6 Å². The molecule has 2 heterocycles. The predicted octanol–water partition coefficient (Wildman–Crippen LogP) is 2.99. The lowest BCUT2D eigenvalue weighted by Gasteiger charge is -2.50. The van der Waals surface area contributed by atoms with Crippen molar-refractivity contribution in [2.45, 2.75) is 114 Å². The van der Waals surface area contributed by atoms with E-state index < -0.39 is 0 Å². The molecule has 2 saturated carbocycles. The van der Waals surface area contributed by atoms with Crippen LogP contribution < -0.4 is 10.6 Å². The van der Waals surface area contributed by atoms with Gasteiger partial charge in [0.15, 0.2) is 0 Å². The Bertz CT molecular complexity index is 373. The summed E-state index contributed by atoms with van der Waals surface area (Å²) in [6.07, 6.45) is 17.4. The summed E-state index contributed by atoms with van der Waals surface area (Å²) in [6.45, 7) is 3.43. The van der Waals surface area contributed by atoms with E-state index in [0.29, 0.717) is 12.1 Å². The molecule has 0 bridgehead atoms. The van der Waals surface area contributed by atoms with Crippen LogP contribution in [-0.4, -0.2) is 36.9 Å². The Labute approximate surface area is 148 Å². The van der Waals surface area contributed by atoms with Gasteiger partial charge in [0.2, 0.25) is 0 Å². The van der Waals surface area contributed by atoms with Crippen molar-refractivity contribution in [2.24, 2.45) is 11.8 Å². The highest BCUT2D eigenvalue weighted by molar-refractivity contribution is 4.97. The zero-order valence-corrected chi connectivity index (χ0v) is 15.7. The van der Waals surface area contributed by atoms with Crippen LogP contribution in [0.2, 0.25) is 0 Å². The fourth-order valence-electron chi connectivity index (χ4n) is 6.35. The number of piperidine rings is 1. The molecule has 4 fully saturated rings. The molecule has 24 heavy (non-hydrogen) atoms. The molecular weight excluding hydrogens is 296 g/mol. The van der Waals surface area contributed by atoms with Crippen LogP contribution in [0, 0.1) is 11.8 Å². The largest absolute Gasteiger partial charge is 0.378 e. The van der Waals surface area contributed by atoms with Gasteiger partial charge in [-0.05, 0) is 71.1 Å². The lowest BCUT2D eigenvalue weighted by Crippen LogP contribution is -3.02. The van der Waals surface area contributed by atoms with Crippen molar-refractivity contribution < 1.29 is 10.1 Å². The third kappa shape index (κ3) is 3.83. The Hall–Kier alpha value is -0.120. The molecule has 2 saturated heterocycles.